The lowest BCUT2D eigenvalue weighted by molar-refractivity contribution is -0.120. The molecule has 22 heavy (non-hydrogen) atoms. The largest absolute Gasteiger partial charge is 0.351 e. The number of nitrogens with one attached hydrogen (secondary N) is 1. The van der Waals surface area contributed by atoms with E-state index in [9.17, 15) is 9.59 Å². The molecule has 0 saturated carbocycles. The number of benzene rings is 1. The van der Waals surface area contributed by atoms with E-state index >= 15 is 0 Å². The Labute approximate surface area is 132 Å². The molecule has 2 aromatic rings. The number of fused-ring (bicyclic) bond motifs is 1. The fourth-order valence-corrected chi connectivity index (χ4v) is 3.03. The maximum atomic E-state index is 12.1. The minimum Gasteiger partial charge on any atom is -0.351 e. The number of imide groups is 1. The predicted octanol–water partition coefficient (Wildman–Crippen LogP) is 2.25. The van der Waals surface area contributed by atoms with Crippen LogP contribution in [-0.4, -0.2) is 27.2 Å². The summed E-state index contributed by atoms with van der Waals surface area (Å²) in [4.78, 5) is 32.0. The zero-order valence-electron chi connectivity index (χ0n) is 12.7. The zero-order chi connectivity index (χ0) is 16.3. The van der Waals surface area contributed by atoms with Gasteiger partial charge >= 0.3 is 6.03 Å². The number of para-hydroxylation sites is 2. The van der Waals surface area contributed by atoms with Crippen LogP contribution in [0.5, 0.6) is 0 Å². The zero-order valence-corrected chi connectivity index (χ0v) is 13.5. The summed E-state index contributed by atoms with van der Waals surface area (Å²) in [6, 6.07) is 6.71. The molecule has 0 aliphatic rings. The van der Waals surface area contributed by atoms with Gasteiger partial charge in [0.1, 0.15) is 5.03 Å². The van der Waals surface area contributed by atoms with Gasteiger partial charge in [-0.15, -0.1) is 0 Å². The normalized spacial score (nSPS) is 12.4. The molecule has 1 aromatic heterocycles. The highest BCUT2D eigenvalue weighted by atomic mass is 32.2. The number of nitrogens with two attached hydrogens (primary N) is 1. The summed E-state index contributed by atoms with van der Waals surface area (Å²) in [7, 11) is 0. The summed E-state index contributed by atoms with van der Waals surface area (Å²) in [5.41, 5.74) is 7.36. The van der Waals surface area contributed by atoms with Crippen molar-refractivity contribution < 1.29 is 9.59 Å². The van der Waals surface area contributed by atoms with Crippen molar-refractivity contribution in [3.8, 4) is 0 Å². The Hall–Kier alpha value is -2.15. The molecule has 2 rings (SSSR count). The van der Waals surface area contributed by atoms with Gasteiger partial charge in [-0.1, -0.05) is 37.7 Å². The Balaban J connectivity index is 2.31. The minimum atomic E-state index is -0.849. The second-order valence-corrected chi connectivity index (χ2v) is 6.37. The van der Waals surface area contributed by atoms with Gasteiger partial charge in [-0.3, -0.25) is 10.1 Å². The molecule has 0 saturated heterocycles. The van der Waals surface area contributed by atoms with E-state index in [1.165, 1.54) is 11.8 Å². The van der Waals surface area contributed by atoms with Crippen LogP contribution in [-0.2, 0) is 4.79 Å². The van der Waals surface area contributed by atoms with Crippen molar-refractivity contribution in [2.45, 2.75) is 31.0 Å². The number of carbonyl (C=O) groups excluding carboxylic acids is 2. The lowest BCUT2D eigenvalue weighted by Gasteiger charge is -2.19. The van der Waals surface area contributed by atoms with Gasteiger partial charge in [0, 0.05) is 0 Å². The lowest BCUT2D eigenvalue weighted by Crippen LogP contribution is -2.42. The molecule has 116 valence electrons. The van der Waals surface area contributed by atoms with Crippen molar-refractivity contribution >= 4 is 34.7 Å². The summed E-state index contributed by atoms with van der Waals surface area (Å²) in [6.07, 6.45) is 0. The van der Waals surface area contributed by atoms with Crippen molar-refractivity contribution in [2.24, 2.45) is 11.7 Å². The molecule has 6 nitrogen and oxygen atoms in total. The summed E-state index contributed by atoms with van der Waals surface area (Å²) >= 11 is 1.29. The van der Waals surface area contributed by atoms with Crippen LogP contribution in [0.4, 0.5) is 4.79 Å². The molecule has 0 fully saturated rings. The second kappa shape index (κ2) is 6.74. The third-order valence-electron chi connectivity index (χ3n) is 3.05. The standard InChI is InChI=1S/C15H18N4O2S/c1-8(2)12(13(20)19-15(16)21)22-14-9(3)17-10-6-4-5-7-11(10)18-14/h4-8,12H,1-3H3,(H3,16,19,20,21)/t12-/m0/s1. The molecule has 0 aliphatic heterocycles. The van der Waals surface area contributed by atoms with Crippen molar-refractivity contribution in [1.82, 2.24) is 15.3 Å². The number of rotatable bonds is 4. The van der Waals surface area contributed by atoms with Gasteiger partial charge in [0.2, 0.25) is 5.91 Å². The molecule has 0 aliphatic carbocycles. The number of aromatic nitrogens is 2. The average Bonchev–Trinajstić information content (AvgIpc) is 2.43. The molecule has 1 heterocycles. The Morgan fingerprint density at radius 1 is 1.18 bits per heavy atom. The highest BCUT2D eigenvalue weighted by Crippen LogP contribution is 2.29. The van der Waals surface area contributed by atoms with Crippen LogP contribution in [0, 0.1) is 12.8 Å². The number of hydrogen-bond donors (Lipinski definition) is 2. The van der Waals surface area contributed by atoms with Gasteiger partial charge in [-0.05, 0) is 25.0 Å². The molecule has 3 N–H and O–H groups in total. The van der Waals surface area contributed by atoms with E-state index in [2.05, 4.69) is 15.3 Å². The van der Waals surface area contributed by atoms with Gasteiger partial charge in [0.05, 0.1) is 22.0 Å². The molecular formula is C15H18N4O2S. The number of carbonyl (C=O) groups is 2. The van der Waals surface area contributed by atoms with E-state index in [1.54, 1.807) is 0 Å². The second-order valence-electron chi connectivity index (χ2n) is 5.24. The average molecular weight is 318 g/mol. The first-order valence-corrected chi connectivity index (χ1v) is 7.76. The maximum Gasteiger partial charge on any atom is 0.318 e. The molecule has 7 heteroatoms. The molecule has 1 atom stereocenters. The third-order valence-corrected chi connectivity index (χ3v) is 4.67. The summed E-state index contributed by atoms with van der Waals surface area (Å²) in [5, 5.41) is 2.34. The topological polar surface area (TPSA) is 98.0 Å². The molecular weight excluding hydrogens is 300 g/mol. The Bertz CT molecular complexity index is 718. The van der Waals surface area contributed by atoms with E-state index < -0.39 is 17.2 Å². The van der Waals surface area contributed by atoms with E-state index in [0.717, 1.165) is 16.7 Å². The van der Waals surface area contributed by atoms with Crippen LogP contribution in [0.15, 0.2) is 29.3 Å². The van der Waals surface area contributed by atoms with Crippen molar-refractivity contribution in [1.29, 1.82) is 0 Å². The van der Waals surface area contributed by atoms with Crippen molar-refractivity contribution in [3.05, 3.63) is 30.0 Å². The molecule has 3 amide bonds. The summed E-state index contributed by atoms with van der Waals surface area (Å²) < 4.78 is 0. The van der Waals surface area contributed by atoms with E-state index in [4.69, 9.17) is 5.73 Å². The Kier molecular flexibility index (Phi) is 4.97. The van der Waals surface area contributed by atoms with Gasteiger partial charge < -0.3 is 5.73 Å². The van der Waals surface area contributed by atoms with Gasteiger partial charge in [0.15, 0.2) is 0 Å². The SMILES string of the molecule is Cc1nc2ccccc2nc1S[C@H](C(=O)NC(N)=O)C(C)C. The first kappa shape index (κ1) is 16.2. The highest BCUT2D eigenvalue weighted by molar-refractivity contribution is 8.00. The summed E-state index contributed by atoms with van der Waals surface area (Å²) in [6.45, 7) is 5.66. The number of aryl methyl sites for hydroxylation is 1. The highest BCUT2D eigenvalue weighted by Gasteiger charge is 2.26. The van der Waals surface area contributed by atoms with Crippen LogP contribution >= 0.6 is 11.8 Å². The molecule has 0 radical (unpaired) electrons. The van der Waals surface area contributed by atoms with Crippen LogP contribution < -0.4 is 11.1 Å². The molecule has 0 spiro atoms. The number of primary amides is 1. The smallest absolute Gasteiger partial charge is 0.318 e. The quantitative estimate of drug-likeness (QED) is 0.843. The van der Waals surface area contributed by atoms with E-state index in [-0.39, 0.29) is 5.92 Å². The molecule has 0 bridgehead atoms. The first-order chi connectivity index (χ1) is 10.4. The molecule has 0 unspecified atom stereocenters. The van der Waals surface area contributed by atoms with Gasteiger partial charge in [-0.25, -0.2) is 14.8 Å². The maximum absolute atomic E-state index is 12.1. The number of thioether (sulfide) groups is 1. The predicted molar refractivity (Wildman–Crippen MR) is 86.5 cm³/mol. The summed E-state index contributed by atoms with van der Waals surface area (Å²) in [5.74, 6) is -0.404. The van der Waals surface area contributed by atoms with Gasteiger partial charge in [0.25, 0.3) is 0 Å². The van der Waals surface area contributed by atoms with Crippen LogP contribution in [0.2, 0.25) is 0 Å². The fraction of sp³-hybridized carbons (Fsp3) is 0.333. The van der Waals surface area contributed by atoms with Crippen molar-refractivity contribution in [2.75, 3.05) is 0 Å². The first-order valence-electron chi connectivity index (χ1n) is 6.89. The lowest BCUT2D eigenvalue weighted by atomic mass is 10.1. The molecule has 1 aromatic carbocycles. The van der Waals surface area contributed by atoms with Crippen LogP contribution in [0.3, 0.4) is 0 Å². The van der Waals surface area contributed by atoms with Gasteiger partial charge in [-0.2, -0.15) is 0 Å². The number of nitrogens with zero attached hydrogens (tertiary/aromatic N) is 2. The Morgan fingerprint density at radius 3 is 2.32 bits per heavy atom. The Morgan fingerprint density at radius 2 is 1.77 bits per heavy atom. The van der Waals surface area contributed by atoms with E-state index in [1.807, 2.05) is 45.0 Å². The van der Waals surface area contributed by atoms with Crippen molar-refractivity contribution in [3.63, 3.8) is 0 Å². The fourth-order valence-electron chi connectivity index (χ4n) is 1.99. The monoisotopic (exact) mass is 318 g/mol. The number of amides is 3. The van der Waals surface area contributed by atoms with Crippen LogP contribution in [0.25, 0.3) is 11.0 Å². The number of hydrogen-bond acceptors (Lipinski definition) is 5. The van der Waals surface area contributed by atoms with E-state index in [0.29, 0.717) is 5.03 Å². The van der Waals surface area contributed by atoms with Crippen LogP contribution in [0.1, 0.15) is 19.5 Å². The number of urea groups is 1. The third kappa shape index (κ3) is 3.73. The minimum absolute atomic E-state index is 0.0111.